The Morgan fingerprint density at radius 1 is 0.438 bits per heavy atom. The van der Waals surface area contributed by atoms with E-state index in [1.165, 1.54) is 0 Å². The Balaban J connectivity index is 1.87. The summed E-state index contributed by atoms with van der Waals surface area (Å²) in [5, 5.41) is 0. The monoisotopic (exact) mass is 354 g/mol. The van der Waals surface area contributed by atoms with E-state index in [0.717, 1.165) is 5.67 Å². The van der Waals surface area contributed by atoms with E-state index in [1.54, 1.807) is 0 Å². The fraction of sp³-hybridized carbons (Fsp3) is 0.200. The Morgan fingerprint density at radius 3 is 0.938 bits per heavy atom. The van der Waals surface area contributed by atoms with Crippen LogP contribution < -0.4 is 0 Å². The predicted molar refractivity (Wildman–Crippen MR) is 66.1 cm³/mol. The van der Waals surface area contributed by atoms with Crippen molar-refractivity contribution in [2.75, 3.05) is 0 Å². The molecular formula is C15H15Tb. The zero-order chi connectivity index (χ0) is 10.8. The van der Waals surface area contributed by atoms with Crippen LogP contribution in [0, 0.1) is 32.7 Å². The molecule has 0 fully saturated rings. The standard InChI is InChI=1S/3C5H5.Tb/c3*1-2-4-5-3-1;/h3*1-5H;. The van der Waals surface area contributed by atoms with Crippen LogP contribution >= 0.6 is 0 Å². The first-order valence-electron chi connectivity index (χ1n) is 5.58. The van der Waals surface area contributed by atoms with Gasteiger partial charge in [0.2, 0.25) is 0 Å². The molecule has 3 aliphatic rings. The molecule has 0 nitrogen and oxygen atoms in total. The van der Waals surface area contributed by atoms with Gasteiger partial charge in [-0.15, -0.1) is 0 Å². The Bertz CT molecular complexity index is 332. The minimum absolute atomic E-state index is 0.745. The van der Waals surface area contributed by atoms with Gasteiger partial charge in [0, 0.05) is 0 Å². The molecule has 16 heavy (non-hydrogen) atoms. The number of allylic oxidation sites excluding steroid dienone is 12. The van der Waals surface area contributed by atoms with Gasteiger partial charge < -0.3 is 0 Å². The molecule has 0 saturated heterocycles. The van der Waals surface area contributed by atoms with Gasteiger partial charge in [-0.2, -0.15) is 0 Å². The molecule has 84 valence electrons. The van der Waals surface area contributed by atoms with E-state index in [-0.39, 0.29) is 0 Å². The number of hydrogen-bond donors (Lipinski definition) is 0. The van der Waals surface area contributed by atoms with E-state index in [1.807, 2.05) is 0 Å². The number of hydrogen-bond acceptors (Lipinski definition) is 0. The first-order chi connectivity index (χ1) is 7.95. The normalized spacial score (nSPS) is 24.4. The van der Waals surface area contributed by atoms with Gasteiger partial charge in [0.05, 0.1) is 0 Å². The van der Waals surface area contributed by atoms with Gasteiger partial charge in [0.25, 0.3) is 0 Å². The maximum absolute atomic E-state index is 2.40. The van der Waals surface area contributed by atoms with Gasteiger partial charge in [-0.05, 0) is 0 Å². The van der Waals surface area contributed by atoms with Gasteiger partial charge >= 0.3 is 111 Å². The average molecular weight is 354 g/mol. The molecule has 0 amide bonds. The summed E-state index contributed by atoms with van der Waals surface area (Å²) in [5.74, 6) is 0. The molecule has 0 radical (unpaired) electrons. The zero-order valence-electron chi connectivity index (χ0n) is 8.99. The summed E-state index contributed by atoms with van der Waals surface area (Å²) < 4.78 is 2.24. The Labute approximate surface area is 110 Å². The quantitative estimate of drug-likeness (QED) is 0.707. The Morgan fingerprint density at radius 2 is 0.688 bits per heavy atom. The molecule has 3 aliphatic carbocycles. The van der Waals surface area contributed by atoms with E-state index in [9.17, 15) is 0 Å². The second-order valence-electron chi connectivity index (χ2n) is 3.89. The van der Waals surface area contributed by atoms with Gasteiger partial charge in [-0.25, -0.2) is 0 Å². The van der Waals surface area contributed by atoms with Crippen LogP contribution in [0.5, 0.6) is 0 Å². The minimum atomic E-state index is -1.22. The van der Waals surface area contributed by atoms with Crippen LogP contribution in [0.4, 0.5) is 0 Å². The van der Waals surface area contributed by atoms with Crippen molar-refractivity contribution >= 4 is 0 Å². The molecule has 0 saturated carbocycles. The molecule has 0 N–H and O–H groups in total. The topological polar surface area (TPSA) is 0 Å². The summed E-state index contributed by atoms with van der Waals surface area (Å²) in [5.41, 5.74) is 0. The van der Waals surface area contributed by atoms with E-state index in [2.05, 4.69) is 72.9 Å². The molecule has 0 atom stereocenters. The maximum atomic E-state index is 2.40. The first-order valence-corrected chi connectivity index (χ1v) is 9.28. The summed E-state index contributed by atoms with van der Waals surface area (Å²) in [7, 11) is 0. The van der Waals surface area contributed by atoms with Crippen LogP contribution in [0.3, 0.4) is 0 Å². The first kappa shape index (κ1) is 10.9. The molecule has 0 spiro atoms. The molecule has 1 heteroatoms. The van der Waals surface area contributed by atoms with E-state index >= 15 is 0 Å². The van der Waals surface area contributed by atoms with E-state index in [0.29, 0.717) is 0 Å². The molecule has 0 unspecified atom stereocenters. The van der Waals surface area contributed by atoms with Crippen LogP contribution in [-0.2, 0) is 0 Å². The van der Waals surface area contributed by atoms with Crippen molar-refractivity contribution < 1.29 is 32.7 Å². The summed E-state index contributed by atoms with van der Waals surface area (Å²) in [6.07, 6.45) is 27.7. The van der Waals surface area contributed by atoms with Crippen molar-refractivity contribution in [2.45, 2.75) is 5.67 Å². The second kappa shape index (κ2) is 4.93. The van der Waals surface area contributed by atoms with Crippen LogP contribution in [0.25, 0.3) is 0 Å². The fourth-order valence-corrected chi connectivity index (χ4v) is 9.20. The van der Waals surface area contributed by atoms with Gasteiger partial charge in [-0.1, -0.05) is 0 Å². The molecule has 0 heterocycles. The summed E-state index contributed by atoms with van der Waals surface area (Å²) in [6, 6.07) is 0. The van der Waals surface area contributed by atoms with Gasteiger partial charge in [-0.3, -0.25) is 0 Å². The van der Waals surface area contributed by atoms with Crippen LogP contribution in [0.15, 0.2) is 72.9 Å². The van der Waals surface area contributed by atoms with Crippen LogP contribution in [-0.4, -0.2) is 0 Å². The predicted octanol–water partition coefficient (Wildman–Crippen LogP) is 4.35. The Kier molecular flexibility index (Phi) is 3.34. The summed E-state index contributed by atoms with van der Waals surface area (Å²) >= 11 is -1.22. The van der Waals surface area contributed by atoms with Gasteiger partial charge in [0.15, 0.2) is 0 Å². The number of rotatable bonds is 3. The van der Waals surface area contributed by atoms with Crippen molar-refractivity contribution in [3.63, 3.8) is 0 Å². The SMILES string of the molecule is C1=C[CH]([Tb]([CH]2C=CC=C2)[CH]2C=CC=C2)C=C1. The molecule has 0 aromatic heterocycles. The Hall–Kier alpha value is -0.274. The van der Waals surface area contributed by atoms with Gasteiger partial charge in [0.1, 0.15) is 0 Å². The summed E-state index contributed by atoms with van der Waals surface area (Å²) in [4.78, 5) is 0. The average Bonchev–Trinajstić information content (AvgIpc) is 3.02. The van der Waals surface area contributed by atoms with Crippen molar-refractivity contribution in [3.8, 4) is 0 Å². The second-order valence-corrected chi connectivity index (χ2v) is 10.3. The third-order valence-electron chi connectivity index (χ3n) is 2.82. The van der Waals surface area contributed by atoms with E-state index in [4.69, 9.17) is 0 Å². The summed E-state index contributed by atoms with van der Waals surface area (Å²) in [6.45, 7) is 0. The third-order valence-corrected chi connectivity index (χ3v) is 10.2. The van der Waals surface area contributed by atoms with Crippen molar-refractivity contribution in [2.24, 2.45) is 0 Å². The molecule has 0 aliphatic heterocycles. The molecule has 0 bridgehead atoms. The van der Waals surface area contributed by atoms with Crippen molar-refractivity contribution in [1.29, 1.82) is 0 Å². The third kappa shape index (κ3) is 2.08. The van der Waals surface area contributed by atoms with Crippen LogP contribution in [0.2, 0.25) is 5.67 Å². The van der Waals surface area contributed by atoms with Crippen molar-refractivity contribution in [1.82, 2.24) is 0 Å². The molecular weight excluding hydrogens is 339 g/mol. The zero-order valence-corrected chi connectivity index (χ0v) is 11.1. The molecule has 3 rings (SSSR count). The van der Waals surface area contributed by atoms with E-state index < -0.39 is 32.7 Å². The van der Waals surface area contributed by atoms with Crippen molar-refractivity contribution in [3.05, 3.63) is 72.9 Å². The molecule has 0 aromatic carbocycles. The van der Waals surface area contributed by atoms with Crippen LogP contribution in [0.1, 0.15) is 0 Å². The molecule has 0 aromatic rings. The fourth-order valence-electron chi connectivity index (χ4n) is 2.07.